The van der Waals surface area contributed by atoms with E-state index in [1.807, 2.05) is 0 Å². The highest BCUT2D eigenvalue weighted by Crippen LogP contribution is 2.01. The molecular formula is C13H18N4O3. The van der Waals surface area contributed by atoms with Gasteiger partial charge >= 0.3 is 5.97 Å². The Morgan fingerprint density at radius 1 is 1.40 bits per heavy atom. The molecule has 0 unspecified atom stereocenters. The largest absolute Gasteiger partial charge is 0.465 e. The topological polar surface area (TPSA) is 89.4 Å². The minimum Gasteiger partial charge on any atom is -0.465 e. The summed E-state index contributed by atoms with van der Waals surface area (Å²) in [5.41, 5.74) is 0.0823. The summed E-state index contributed by atoms with van der Waals surface area (Å²) in [6.07, 6.45) is 5.58. The third-order valence-electron chi connectivity index (χ3n) is 2.91. The molecule has 0 saturated carbocycles. The summed E-state index contributed by atoms with van der Waals surface area (Å²) in [5, 5.41) is 2.64. The molecule has 2 rings (SSSR count). The van der Waals surface area contributed by atoms with Gasteiger partial charge < -0.3 is 4.74 Å². The smallest absolute Gasteiger partial charge is 0.311 e. The Kier molecular flexibility index (Phi) is 4.86. The van der Waals surface area contributed by atoms with Crippen LogP contribution in [-0.2, 0) is 16.0 Å². The molecule has 0 aliphatic heterocycles. The molecule has 0 atom stereocenters. The van der Waals surface area contributed by atoms with Crippen LogP contribution in [0.1, 0.15) is 38.3 Å². The maximum absolute atomic E-state index is 11.7. The van der Waals surface area contributed by atoms with E-state index < -0.39 is 0 Å². The predicted molar refractivity (Wildman–Crippen MR) is 72.4 cm³/mol. The van der Waals surface area contributed by atoms with Crippen LogP contribution in [0.2, 0.25) is 0 Å². The number of nitrogens with zero attached hydrogens (tertiary/aromatic N) is 3. The summed E-state index contributed by atoms with van der Waals surface area (Å²) in [6, 6.07) is 1.31. The number of aromatic amines is 1. The molecule has 0 radical (unpaired) electrons. The van der Waals surface area contributed by atoms with Gasteiger partial charge in [-0.2, -0.15) is 4.52 Å². The number of aromatic nitrogens is 4. The Bertz CT molecular complexity index is 632. The van der Waals surface area contributed by atoms with Gasteiger partial charge in [-0.15, -0.1) is 0 Å². The fourth-order valence-corrected chi connectivity index (χ4v) is 1.87. The van der Waals surface area contributed by atoms with Gasteiger partial charge in [-0.1, -0.05) is 26.2 Å². The highest BCUT2D eigenvalue weighted by atomic mass is 16.5. The first-order valence-electron chi connectivity index (χ1n) is 6.78. The summed E-state index contributed by atoms with van der Waals surface area (Å²) >= 11 is 0. The number of ether oxygens (including phenoxy) is 1. The minimum atomic E-state index is -0.367. The molecule has 0 aliphatic carbocycles. The lowest BCUT2D eigenvalue weighted by Gasteiger charge is -2.04. The molecule has 0 spiro atoms. The van der Waals surface area contributed by atoms with E-state index in [0.717, 1.165) is 25.7 Å². The van der Waals surface area contributed by atoms with E-state index in [-0.39, 0.29) is 23.7 Å². The second kappa shape index (κ2) is 6.83. The SMILES string of the molecule is CCCCCCOC(=O)Cc1cc(=O)n2[nH]cnc2n1. The van der Waals surface area contributed by atoms with Crippen LogP contribution in [0.5, 0.6) is 0 Å². The fourth-order valence-electron chi connectivity index (χ4n) is 1.87. The Morgan fingerprint density at radius 2 is 2.25 bits per heavy atom. The number of unbranched alkanes of at least 4 members (excludes halogenated alkanes) is 3. The average molecular weight is 278 g/mol. The second-order valence-electron chi connectivity index (χ2n) is 4.57. The zero-order valence-electron chi connectivity index (χ0n) is 11.5. The van der Waals surface area contributed by atoms with Crippen molar-refractivity contribution in [2.75, 3.05) is 6.61 Å². The average Bonchev–Trinajstić information content (AvgIpc) is 2.87. The van der Waals surface area contributed by atoms with Crippen molar-refractivity contribution in [3.63, 3.8) is 0 Å². The first-order chi connectivity index (χ1) is 9.70. The van der Waals surface area contributed by atoms with Crippen LogP contribution >= 0.6 is 0 Å². The van der Waals surface area contributed by atoms with E-state index in [2.05, 4.69) is 22.0 Å². The molecule has 7 nitrogen and oxygen atoms in total. The van der Waals surface area contributed by atoms with Gasteiger partial charge in [0.2, 0.25) is 0 Å². The summed E-state index contributed by atoms with van der Waals surface area (Å²) < 4.78 is 6.32. The van der Waals surface area contributed by atoms with Gasteiger partial charge in [0.05, 0.1) is 18.7 Å². The van der Waals surface area contributed by atoms with Crippen molar-refractivity contribution >= 4 is 11.7 Å². The van der Waals surface area contributed by atoms with Gasteiger partial charge in [-0.3, -0.25) is 14.7 Å². The molecular weight excluding hydrogens is 260 g/mol. The predicted octanol–water partition coefficient (Wildman–Crippen LogP) is 1.08. The lowest BCUT2D eigenvalue weighted by molar-refractivity contribution is -0.143. The van der Waals surface area contributed by atoms with Crippen LogP contribution in [0.4, 0.5) is 0 Å². The summed E-state index contributed by atoms with van der Waals surface area (Å²) in [4.78, 5) is 31.3. The number of fused-ring (bicyclic) bond motifs is 1. The Balaban J connectivity index is 1.88. The van der Waals surface area contributed by atoms with E-state index in [0.29, 0.717) is 12.3 Å². The van der Waals surface area contributed by atoms with Crippen LogP contribution in [-0.4, -0.2) is 32.2 Å². The number of hydrogen-bond donors (Lipinski definition) is 1. The number of esters is 1. The minimum absolute atomic E-state index is 0.00756. The zero-order chi connectivity index (χ0) is 14.4. The molecule has 7 heteroatoms. The van der Waals surface area contributed by atoms with E-state index in [1.165, 1.54) is 16.9 Å². The normalized spacial score (nSPS) is 10.8. The highest BCUT2D eigenvalue weighted by molar-refractivity contribution is 5.72. The van der Waals surface area contributed by atoms with Crippen LogP contribution in [0.25, 0.3) is 5.78 Å². The molecule has 0 aromatic carbocycles. The molecule has 0 aliphatic rings. The van der Waals surface area contributed by atoms with Crippen LogP contribution in [0, 0.1) is 0 Å². The van der Waals surface area contributed by atoms with Gasteiger partial charge in [0.1, 0.15) is 6.33 Å². The molecule has 0 fully saturated rings. The third-order valence-corrected chi connectivity index (χ3v) is 2.91. The maximum atomic E-state index is 11.7. The van der Waals surface area contributed by atoms with Gasteiger partial charge in [0.15, 0.2) is 0 Å². The molecule has 2 aromatic heterocycles. The lowest BCUT2D eigenvalue weighted by atomic mass is 10.2. The van der Waals surface area contributed by atoms with Crippen molar-refractivity contribution in [3.8, 4) is 0 Å². The van der Waals surface area contributed by atoms with Crippen LogP contribution in [0.3, 0.4) is 0 Å². The van der Waals surface area contributed by atoms with Crippen molar-refractivity contribution in [2.24, 2.45) is 0 Å². The monoisotopic (exact) mass is 278 g/mol. The Morgan fingerprint density at radius 3 is 3.05 bits per heavy atom. The summed E-state index contributed by atoms with van der Waals surface area (Å²) in [5.74, 6) is -0.114. The Labute approximate surface area is 116 Å². The molecule has 2 heterocycles. The van der Waals surface area contributed by atoms with Gasteiger partial charge in [0.25, 0.3) is 11.3 Å². The molecule has 2 aromatic rings. The zero-order valence-corrected chi connectivity index (χ0v) is 11.5. The van der Waals surface area contributed by atoms with Crippen molar-refractivity contribution in [1.82, 2.24) is 19.6 Å². The van der Waals surface area contributed by atoms with E-state index >= 15 is 0 Å². The lowest BCUT2D eigenvalue weighted by Crippen LogP contribution is -2.18. The van der Waals surface area contributed by atoms with Crippen LogP contribution < -0.4 is 5.56 Å². The molecule has 20 heavy (non-hydrogen) atoms. The highest BCUT2D eigenvalue weighted by Gasteiger charge is 2.09. The van der Waals surface area contributed by atoms with Crippen molar-refractivity contribution < 1.29 is 9.53 Å². The molecule has 108 valence electrons. The molecule has 0 amide bonds. The van der Waals surface area contributed by atoms with Gasteiger partial charge in [0, 0.05) is 6.07 Å². The van der Waals surface area contributed by atoms with Gasteiger partial charge in [-0.05, 0) is 6.42 Å². The first kappa shape index (κ1) is 14.2. The Hall–Kier alpha value is -2.18. The number of carbonyl (C=O) groups is 1. The standard InChI is InChI=1S/C13H18N4O3/c1-2-3-4-5-6-20-12(19)8-10-7-11(18)17-13(16-10)14-9-15-17/h7,9H,2-6,8H2,1H3,(H,14,15,16). The third kappa shape index (κ3) is 3.66. The number of nitrogens with one attached hydrogen (secondary N) is 1. The van der Waals surface area contributed by atoms with Crippen molar-refractivity contribution in [1.29, 1.82) is 0 Å². The number of hydrogen-bond acceptors (Lipinski definition) is 5. The first-order valence-corrected chi connectivity index (χ1v) is 6.78. The summed E-state index contributed by atoms with van der Waals surface area (Å²) in [7, 11) is 0. The maximum Gasteiger partial charge on any atom is 0.311 e. The quantitative estimate of drug-likeness (QED) is 0.604. The van der Waals surface area contributed by atoms with E-state index in [9.17, 15) is 9.59 Å². The van der Waals surface area contributed by atoms with Crippen molar-refractivity contribution in [3.05, 3.63) is 28.4 Å². The van der Waals surface area contributed by atoms with E-state index in [1.54, 1.807) is 0 Å². The molecule has 0 saturated heterocycles. The number of H-pyrrole nitrogens is 1. The fraction of sp³-hybridized carbons (Fsp3) is 0.538. The van der Waals surface area contributed by atoms with Gasteiger partial charge in [-0.25, -0.2) is 9.97 Å². The van der Waals surface area contributed by atoms with Crippen molar-refractivity contribution in [2.45, 2.75) is 39.0 Å². The number of carbonyl (C=O) groups excluding carboxylic acids is 1. The van der Waals surface area contributed by atoms with Crippen LogP contribution in [0.15, 0.2) is 17.2 Å². The van der Waals surface area contributed by atoms with E-state index in [4.69, 9.17) is 4.74 Å². The summed E-state index contributed by atoms with van der Waals surface area (Å²) in [6.45, 7) is 2.55. The molecule has 1 N–H and O–H groups in total. The second-order valence-corrected chi connectivity index (χ2v) is 4.57. The number of rotatable bonds is 7. The molecule has 0 bridgehead atoms.